The summed E-state index contributed by atoms with van der Waals surface area (Å²) in [6, 6.07) is 28.0. The lowest BCUT2D eigenvalue weighted by Crippen LogP contribution is -2.40. The number of benzene rings is 3. The first-order valence-electron chi connectivity index (χ1n) is 9.88. The molecule has 0 aromatic heterocycles. The fourth-order valence-corrected chi connectivity index (χ4v) is 3.67. The molecule has 0 aliphatic carbocycles. The highest BCUT2D eigenvalue weighted by Crippen LogP contribution is 2.21. The summed E-state index contributed by atoms with van der Waals surface area (Å²) >= 11 is 0. The van der Waals surface area contributed by atoms with Crippen molar-refractivity contribution >= 4 is 12.0 Å². The second kappa shape index (κ2) is 8.74. The summed E-state index contributed by atoms with van der Waals surface area (Å²) in [5.41, 5.74) is 4.47. The molecular weight excluding hydrogens is 362 g/mol. The minimum absolute atomic E-state index is 0.180. The Kier molecular flexibility index (Phi) is 5.71. The van der Waals surface area contributed by atoms with Crippen LogP contribution >= 0.6 is 0 Å². The second-order valence-corrected chi connectivity index (χ2v) is 7.25. The Labute approximate surface area is 170 Å². The molecule has 0 radical (unpaired) electrons. The average Bonchev–Trinajstić information content (AvgIpc) is 3.13. The van der Waals surface area contributed by atoms with Gasteiger partial charge in [-0.1, -0.05) is 84.9 Å². The Balaban J connectivity index is 1.37. The minimum Gasteiger partial charge on any atom is -0.447 e. The first kappa shape index (κ1) is 18.9. The van der Waals surface area contributed by atoms with E-state index in [-0.39, 0.29) is 25.0 Å². The van der Waals surface area contributed by atoms with Gasteiger partial charge in [-0.3, -0.25) is 4.79 Å². The number of carbonyl (C=O) groups excluding carboxylic acids is 2. The van der Waals surface area contributed by atoms with Crippen molar-refractivity contribution in [1.29, 1.82) is 0 Å². The van der Waals surface area contributed by atoms with Crippen molar-refractivity contribution < 1.29 is 14.3 Å². The van der Waals surface area contributed by atoms with Crippen LogP contribution in [0.2, 0.25) is 0 Å². The Morgan fingerprint density at radius 2 is 1.45 bits per heavy atom. The van der Waals surface area contributed by atoms with Gasteiger partial charge in [0, 0.05) is 6.42 Å². The van der Waals surface area contributed by atoms with E-state index in [0.29, 0.717) is 12.8 Å². The third kappa shape index (κ3) is 4.54. The van der Waals surface area contributed by atoms with Crippen LogP contribution in [0.15, 0.2) is 84.9 Å². The molecule has 3 aromatic carbocycles. The van der Waals surface area contributed by atoms with Crippen LogP contribution in [0.3, 0.4) is 0 Å². The Morgan fingerprint density at radius 1 is 0.828 bits per heavy atom. The molecule has 1 aliphatic heterocycles. The summed E-state index contributed by atoms with van der Waals surface area (Å²) in [5, 5.41) is 0. The number of hydrogen-bond acceptors (Lipinski definition) is 3. The topological polar surface area (TPSA) is 46.6 Å². The van der Waals surface area contributed by atoms with Crippen LogP contribution in [0, 0.1) is 0 Å². The molecule has 1 saturated heterocycles. The van der Waals surface area contributed by atoms with Gasteiger partial charge in [-0.05, 0) is 35.1 Å². The maximum Gasteiger partial charge on any atom is 0.416 e. The predicted molar refractivity (Wildman–Crippen MR) is 112 cm³/mol. The number of aryl methyl sites for hydroxylation is 1. The standard InChI is InChI=1S/C25H23NO3/c27-24(26-23(18-29-25(26)28)17-20-7-3-1-4-8-20)16-13-19-11-14-22(15-12-19)21-9-5-2-6-10-21/h1-12,14-15,23H,13,16-18H2. The Bertz CT molecular complexity index is 968. The smallest absolute Gasteiger partial charge is 0.416 e. The maximum absolute atomic E-state index is 12.7. The third-order valence-corrected chi connectivity index (χ3v) is 5.23. The zero-order valence-corrected chi connectivity index (χ0v) is 16.2. The van der Waals surface area contributed by atoms with Gasteiger partial charge in [0.2, 0.25) is 5.91 Å². The van der Waals surface area contributed by atoms with E-state index in [1.807, 2.05) is 60.7 Å². The molecular formula is C25H23NO3. The van der Waals surface area contributed by atoms with Gasteiger partial charge in [-0.15, -0.1) is 0 Å². The quantitative estimate of drug-likeness (QED) is 0.608. The maximum atomic E-state index is 12.7. The molecule has 1 atom stereocenters. The van der Waals surface area contributed by atoms with Crippen LogP contribution < -0.4 is 0 Å². The molecule has 4 nitrogen and oxygen atoms in total. The van der Waals surface area contributed by atoms with Gasteiger partial charge >= 0.3 is 6.09 Å². The van der Waals surface area contributed by atoms with E-state index in [1.165, 1.54) is 10.5 Å². The second-order valence-electron chi connectivity index (χ2n) is 7.25. The summed E-state index contributed by atoms with van der Waals surface area (Å²) in [7, 11) is 0. The number of ether oxygens (including phenoxy) is 1. The van der Waals surface area contributed by atoms with Gasteiger partial charge in [0.1, 0.15) is 6.61 Å². The van der Waals surface area contributed by atoms with Gasteiger partial charge < -0.3 is 4.74 Å². The molecule has 0 N–H and O–H groups in total. The van der Waals surface area contributed by atoms with E-state index in [0.717, 1.165) is 16.7 Å². The third-order valence-electron chi connectivity index (χ3n) is 5.23. The largest absolute Gasteiger partial charge is 0.447 e. The molecule has 0 spiro atoms. The van der Waals surface area contributed by atoms with Crippen LogP contribution in [-0.4, -0.2) is 29.5 Å². The molecule has 4 heteroatoms. The summed E-state index contributed by atoms with van der Waals surface area (Å²) < 4.78 is 5.15. The van der Waals surface area contributed by atoms with Crippen molar-refractivity contribution in [2.45, 2.75) is 25.3 Å². The van der Waals surface area contributed by atoms with E-state index in [2.05, 4.69) is 24.3 Å². The van der Waals surface area contributed by atoms with E-state index < -0.39 is 6.09 Å². The highest BCUT2D eigenvalue weighted by atomic mass is 16.6. The summed E-state index contributed by atoms with van der Waals surface area (Å²) in [4.78, 5) is 26.2. The summed E-state index contributed by atoms with van der Waals surface area (Å²) in [6.07, 6.45) is 0.959. The molecule has 1 fully saturated rings. The number of imide groups is 1. The van der Waals surface area contributed by atoms with Gasteiger partial charge in [0.05, 0.1) is 6.04 Å². The van der Waals surface area contributed by atoms with Crippen LogP contribution in [-0.2, 0) is 22.4 Å². The normalized spacial score (nSPS) is 15.9. The fourth-order valence-electron chi connectivity index (χ4n) is 3.67. The van der Waals surface area contributed by atoms with Gasteiger partial charge in [0.15, 0.2) is 0 Å². The summed E-state index contributed by atoms with van der Waals surface area (Å²) in [5.74, 6) is -0.180. The first-order chi connectivity index (χ1) is 14.2. The highest BCUT2D eigenvalue weighted by molar-refractivity contribution is 5.93. The zero-order chi connectivity index (χ0) is 20.1. The fraction of sp³-hybridized carbons (Fsp3) is 0.200. The molecule has 1 heterocycles. The van der Waals surface area contributed by atoms with Crippen LogP contribution in [0.5, 0.6) is 0 Å². The van der Waals surface area contributed by atoms with Crippen molar-refractivity contribution in [2.24, 2.45) is 0 Å². The Hall–Kier alpha value is -3.40. The van der Waals surface area contributed by atoms with E-state index >= 15 is 0 Å². The van der Waals surface area contributed by atoms with Gasteiger partial charge in [-0.25, -0.2) is 9.69 Å². The molecule has 1 unspecified atom stereocenters. The average molecular weight is 385 g/mol. The minimum atomic E-state index is -0.532. The molecule has 3 aromatic rings. The van der Waals surface area contributed by atoms with Crippen LogP contribution in [0.25, 0.3) is 11.1 Å². The van der Waals surface area contributed by atoms with Crippen molar-refractivity contribution in [1.82, 2.24) is 4.90 Å². The van der Waals surface area contributed by atoms with Crippen molar-refractivity contribution in [3.63, 3.8) is 0 Å². The molecule has 4 rings (SSSR count). The number of hydrogen-bond donors (Lipinski definition) is 0. The molecule has 146 valence electrons. The lowest BCUT2D eigenvalue weighted by molar-refractivity contribution is -0.129. The van der Waals surface area contributed by atoms with Gasteiger partial charge in [-0.2, -0.15) is 0 Å². The highest BCUT2D eigenvalue weighted by Gasteiger charge is 2.37. The monoisotopic (exact) mass is 385 g/mol. The van der Waals surface area contributed by atoms with Crippen LogP contribution in [0.1, 0.15) is 17.5 Å². The number of amides is 2. The SMILES string of the molecule is O=C(CCc1ccc(-c2ccccc2)cc1)N1C(=O)OCC1Cc1ccccc1. The van der Waals surface area contributed by atoms with E-state index in [9.17, 15) is 9.59 Å². The predicted octanol–water partition coefficient (Wildman–Crippen LogP) is 4.88. The number of cyclic esters (lactones) is 1. The molecule has 0 saturated carbocycles. The lowest BCUT2D eigenvalue weighted by Gasteiger charge is -2.19. The summed E-state index contributed by atoms with van der Waals surface area (Å²) in [6.45, 7) is 0.255. The van der Waals surface area contributed by atoms with Gasteiger partial charge in [0.25, 0.3) is 0 Å². The van der Waals surface area contributed by atoms with Crippen LogP contribution in [0.4, 0.5) is 4.79 Å². The number of rotatable bonds is 6. The molecule has 29 heavy (non-hydrogen) atoms. The van der Waals surface area contributed by atoms with E-state index in [4.69, 9.17) is 4.74 Å². The van der Waals surface area contributed by atoms with Crippen molar-refractivity contribution in [3.8, 4) is 11.1 Å². The zero-order valence-electron chi connectivity index (χ0n) is 16.2. The first-order valence-corrected chi connectivity index (χ1v) is 9.88. The lowest BCUT2D eigenvalue weighted by atomic mass is 10.0. The molecule has 2 amide bonds. The van der Waals surface area contributed by atoms with E-state index in [1.54, 1.807) is 0 Å². The molecule has 0 bridgehead atoms. The number of nitrogens with zero attached hydrogens (tertiary/aromatic N) is 1. The van der Waals surface area contributed by atoms with Crippen molar-refractivity contribution in [2.75, 3.05) is 6.61 Å². The Morgan fingerprint density at radius 3 is 2.14 bits per heavy atom. The molecule has 1 aliphatic rings. The van der Waals surface area contributed by atoms with Crippen molar-refractivity contribution in [3.05, 3.63) is 96.1 Å². The number of carbonyl (C=O) groups is 2.